The van der Waals surface area contributed by atoms with Crippen molar-refractivity contribution >= 4 is 22.5 Å². The fourth-order valence-electron chi connectivity index (χ4n) is 4.04. The highest BCUT2D eigenvalue weighted by molar-refractivity contribution is 6.30. The standard InChI is InChI=1S/C22H19ClN4O.CH4/c1-26-20-6-8-24-13-18(20)17-4-3-16(11-21(17)26)27-9-7-14(10-22(27)28)19-5-2-15(23)12-25-19;/h2-5,7,9-12,24H,6,8,13H2,1H3;1H4. The van der Waals surface area contributed by atoms with Crippen LogP contribution in [-0.4, -0.2) is 20.7 Å². The summed E-state index contributed by atoms with van der Waals surface area (Å²) < 4.78 is 3.93. The SMILES string of the molecule is C.Cn1c2c(c3ccc(-n4ccc(-c5ccc(Cl)cn5)cc4=O)cc31)CNCC2. The van der Waals surface area contributed by atoms with Gasteiger partial charge in [0.25, 0.3) is 5.56 Å². The topological polar surface area (TPSA) is 51.9 Å². The van der Waals surface area contributed by atoms with E-state index in [4.69, 9.17) is 11.6 Å². The van der Waals surface area contributed by atoms with Crippen molar-refractivity contribution in [3.8, 4) is 16.9 Å². The van der Waals surface area contributed by atoms with E-state index in [0.29, 0.717) is 5.02 Å². The van der Waals surface area contributed by atoms with Crippen molar-refractivity contribution in [1.29, 1.82) is 0 Å². The second-order valence-electron chi connectivity index (χ2n) is 7.10. The molecule has 5 rings (SSSR count). The van der Waals surface area contributed by atoms with Crippen molar-refractivity contribution in [3.63, 3.8) is 0 Å². The summed E-state index contributed by atoms with van der Waals surface area (Å²) in [6, 6.07) is 13.3. The number of aryl methyl sites for hydroxylation is 1. The minimum absolute atomic E-state index is 0. The quantitative estimate of drug-likeness (QED) is 0.539. The number of hydrogen-bond acceptors (Lipinski definition) is 3. The lowest BCUT2D eigenvalue weighted by Crippen LogP contribution is -2.24. The molecule has 4 heterocycles. The summed E-state index contributed by atoms with van der Waals surface area (Å²) in [6.45, 7) is 1.90. The van der Waals surface area contributed by atoms with Gasteiger partial charge in [0.1, 0.15) is 0 Å². The lowest BCUT2D eigenvalue weighted by atomic mass is 10.1. The lowest BCUT2D eigenvalue weighted by molar-refractivity contribution is 0.622. The van der Waals surface area contributed by atoms with Gasteiger partial charge < -0.3 is 9.88 Å². The van der Waals surface area contributed by atoms with Crippen LogP contribution in [-0.2, 0) is 20.0 Å². The molecule has 0 amide bonds. The molecule has 6 heteroatoms. The van der Waals surface area contributed by atoms with E-state index in [1.54, 1.807) is 29.1 Å². The van der Waals surface area contributed by atoms with Crippen LogP contribution in [0.1, 0.15) is 18.7 Å². The van der Waals surface area contributed by atoms with Crippen LogP contribution in [0.5, 0.6) is 0 Å². The highest BCUT2D eigenvalue weighted by Crippen LogP contribution is 2.29. The monoisotopic (exact) mass is 406 g/mol. The van der Waals surface area contributed by atoms with E-state index in [1.165, 1.54) is 16.6 Å². The molecule has 1 aliphatic rings. The summed E-state index contributed by atoms with van der Waals surface area (Å²) in [5, 5.41) is 5.27. The van der Waals surface area contributed by atoms with Crippen molar-refractivity contribution in [3.05, 3.63) is 81.5 Å². The normalized spacial score (nSPS) is 13.2. The zero-order valence-electron chi connectivity index (χ0n) is 15.4. The minimum atomic E-state index is -0.0887. The molecule has 5 nitrogen and oxygen atoms in total. The average Bonchev–Trinajstić information content (AvgIpc) is 3.01. The molecule has 0 atom stereocenters. The molecule has 0 saturated heterocycles. The first-order valence-corrected chi connectivity index (χ1v) is 9.65. The number of nitrogens with one attached hydrogen (secondary N) is 1. The molecule has 1 N–H and O–H groups in total. The predicted octanol–water partition coefficient (Wildman–Crippen LogP) is 4.33. The van der Waals surface area contributed by atoms with Gasteiger partial charge in [0.2, 0.25) is 0 Å². The number of aromatic nitrogens is 3. The first-order chi connectivity index (χ1) is 13.6. The van der Waals surface area contributed by atoms with Gasteiger partial charge in [0, 0.05) is 61.7 Å². The van der Waals surface area contributed by atoms with Crippen LogP contribution < -0.4 is 10.9 Å². The Bertz CT molecular complexity index is 1250. The molecule has 0 saturated carbocycles. The van der Waals surface area contributed by atoms with E-state index in [-0.39, 0.29) is 13.0 Å². The third-order valence-electron chi connectivity index (χ3n) is 5.48. The van der Waals surface area contributed by atoms with E-state index in [9.17, 15) is 4.79 Å². The minimum Gasteiger partial charge on any atom is -0.347 e. The van der Waals surface area contributed by atoms with Crippen LogP contribution in [0.2, 0.25) is 5.02 Å². The van der Waals surface area contributed by atoms with Crippen molar-refractivity contribution in [2.24, 2.45) is 7.05 Å². The first-order valence-electron chi connectivity index (χ1n) is 9.28. The van der Waals surface area contributed by atoms with Gasteiger partial charge in [-0.1, -0.05) is 25.1 Å². The Morgan fingerprint density at radius 3 is 2.76 bits per heavy atom. The second-order valence-corrected chi connectivity index (χ2v) is 7.53. The molecule has 29 heavy (non-hydrogen) atoms. The molecule has 3 aromatic heterocycles. The number of rotatable bonds is 2. The number of hydrogen-bond donors (Lipinski definition) is 1. The maximum atomic E-state index is 12.8. The zero-order chi connectivity index (χ0) is 19.3. The number of benzene rings is 1. The third-order valence-corrected chi connectivity index (χ3v) is 5.71. The van der Waals surface area contributed by atoms with Gasteiger partial charge in [-0.25, -0.2) is 0 Å². The molecule has 0 unspecified atom stereocenters. The molecule has 1 aromatic carbocycles. The summed E-state index contributed by atoms with van der Waals surface area (Å²) in [6.07, 6.45) is 4.42. The van der Waals surface area contributed by atoms with Gasteiger partial charge in [0.05, 0.1) is 21.9 Å². The van der Waals surface area contributed by atoms with Crippen LogP contribution in [0.4, 0.5) is 0 Å². The van der Waals surface area contributed by atoms with Crippen LogP contribution >= 0.6 is 11.6 Å². The van der Waals surface area contributed by atoms with Gasteiger partial charge in [-0.05, 0) is 35.9 Å². The van der Waals surface area contributed by atoms with Crippen LogP contribution in [0.15, 0.2) is 59.7 Å². The maximum absolute atomic E-state index is 12.8. The van der Waals surface area contributed by atoms with Crippen molar-refractivity contribution in [1.82, 2.24) is 19.4 Å². The Balaban J connectivity index is 0.00000205. The Hall–Kier alpha value is -2.89. The molecule has 0 aliphatic carbocycles. The number of pyridine rings is 2. The average molecular weight is 407 g/mol. The molecule has 0 spiro atoms. The van der Waals surface area contributed by atoms with Gasteiger partial charge in [0.15, 0.2) is 0 Å². The van der Waals surface area contributed by atoms with E-state index in [2.05, 4.69) is 34.0 Å². The number of nitrogens with zero attached hydrogens (tertiary/aromatic N) is 3. The number of fused-ring (bicyclic) bond motifs is 3. The molecule has 0 fully saturated rings. The molecule has 4 aromatic rings. The Labute approximate surface area is 174 Å². The predicted molar refractivity (Wildman–Crippen MR) is 119 cm³/mol. The highest BCUT2D eigenvalue weighted by Gasteiger charge is 2.18. The zero-order valence-corrected chi connectivity index (χ0v) is 16.2. The summed E-state index contributed by atoms with van der Waals surface area (Å²) >= 11 is 5.90. The van der Waals surface area contributed by atoms with Gasteiger partial charge in [-0.15, -0.1) is 0 Å². The van der Waals surface area contributed by atoms with Crippen molar-refractivity contribution in [2.75, 3.05) is 6.54 Å². The molecular formula is C23H23ClN4O. The van der Waals surface area contributed by atoms with Gasteiger partial charge in [-0.3, -0.25) is 14.3 Å². The van der Waals surface area contributed by atoms with Gasteiger partial charge >= 0.3 is 0 Å². The van der Waals surface area contributed by atoms with Gasteiger partial charge in [-0.2, -0.15) is 0 Å². The Morgan fingerprint density at radius 2 is 2.00 bits per heavy atom. The summed E-state index contributed by atoms with van der Waals surface area (Å²) in [4.78, 5) is 17.1. The first kappa shape index (κ1) is 19.4. The molecule has 0 radical (unpaired) electrons. The molecule has 148 valence electrons. The Kier molecular flexibility index (Phi) is 5.03. The van der Waals surface area contributed by atoms with E-state index in [1.807, 2.05) is 18.2 Å². The summed E-state index contributed by atoms with van der Waals surface area (Å²) in [5.41, 5.74) is 6.18. The summed E-state index contributed by atoms with van der Waals surface area (Å²) in [5.74, 6) is 0. The molecule has 0 bridgehead atoms. The fraction of sp³-hybridized carbons (Fsp3) is 0.217. The van der Waals surface area contributed by atoms with E-state index in [0.717, 1.165) is 42.0 Å². The fourth-order valence-corrected chi connectivity index (χ4v) is 4.15. The van der Waals surface area contributed by atoms with Crippen molar-refractivity contribution in [2.45, 2.75) is 20.4 Å². The smallest absolute Gasteiger partial charge is 0.255 e. The highest BCUT2D eigenvalue weighted by atomic mass is 35.5. The van der Waals surface area contributed by atoms with Crippen LogP contribution in [0.3, 0.4) is 0 Å². The molecule has 1 aliphatic heterocycles. The summed E-state index contributed by atoms with van der Waals surface area (Å²) in [7, 11) is 2.11. The largest absolute Gasteiger partial charge is 0.347 e. The molecular weight excluding hydrogens is 384 g/mol. The number of halogens is 1. The van der Waals surface area contributed by atoms with Crippen LogP contribution in [0.25, 0.3) is 27.8 Å². The third kappa shape index (κ3) is 3.26. The Morgan fingerprint density at radius 1 is 1.14 bits per heavy atom. The van der Waals surface area contributed by atoms with E-state index < -0.39 is 0 Å². The lowest BCUT2D eigenvalue weighted by Gasteiger charge is -2.14. The van der Waals surface area contributed by atoms with Crippen LogP contribution in [0, 0.1) is 0 Å². The second kappa shape index (κ2) is 7.50. The maximum Gasteiger partial charge on any atom is 0.255 e. The van der Waals surface area contributed by atoms with E-state index >= 15 is 0 Å². The van der Waals surface area contributed by atoms with Crippen molar-refractivity contribution < 1.29 is 0 Å².